The van der Waals surface area contributed by atoms with Crippen molar-refractivity contribution in [3.05, 3.63) is 52.3 Å². The molecular weight excluding hydrogens is 374 g/mol. The molecular formula is C18H22ClN3O3S. The first-order valence-corrected chi connectivity index (χ1v) is 10.5. The topological polar surface area (TPSA) is 72.4 Å². The highest BCUT2D eigenvalue weighted by atomic mass is 35.5. The lowest BCUT2D eigenvalue weighted by atomic mass is 10.1. The summed E-state index contributed by atoms with van der Waals surface area (Å²) in [5.74, 6) is -0.0691. The molecule has 0 saturated carbocycles. The van der Waals surface area contributed by atoms with Crippen LogP contribution in [0, 0.1) is 13.8 Å². The molecule has 0 radical (unpaired) electrons. The Labute approximate surface area is 159 Å². The fourth-order valence-electron chi connectivity index (χ4n) is 3.08. The number of rotatable bonds is 5. The number of nitrogens with zero attached hydrogens (tertiary/aromatic N) is 3. The fourth-order valence-corrected chi connectivity index (χ4v) is 4.87. The summed E-state index contributed by atoms with van der Waals surface area (Å²) in [6.45, 7) is 4.56. The second-order valence-corrected chi connectivity index (χ2v) is 8.96. The molecule has 1 aliphatic heterocycles. The maximum Gasteiger partial charge on any atom is 0.317 e. The van der Waals surface area contributed by atoms with Crippen molar-refractivity contribution in [2.24, 2.45) is 0 Å². The van der Waals surface area contributed by atoms with E-state index in [2.05, 4.69) is 9.97 Å². The largest absolute Gasteiger partial charge is 0.459 e. The molecule has 1 saturated heterocycles. The van der Waals surface area contributed by atoms with E-state index in [0.717, 1.165) is 24.2 Å². The third-order valence-corrected chi connectivity index (χ3v) is 6.26. The van der Waals surface area contributed by atoms with Crippen LogP contribution in [-0.4, -0.2) is 41.9 Å². The van der Waals surface area contributed by atoms with Gasteiger partial charge in [0, 0.05) is 23.0 Å². The van der Waals surface area contributed by atoms with Crippen LogP contribution in [0.15, 0.2) is 30.3 Å². The third-order valence-electron chi connectivity index (χ3n) is 4.21. The van der Waals surface area contributed by atoms with Gasteiger partial charge in [0.15, 0.2) is 0 Å². The summed E-state index contributed by atoms with van der Waals surface area (Å²) in [7, 11) is -3.44. The highest BCUT2D eigenvalue weighted by Crippen LogP contribution is 2.21. The number of benzene rings is 1. The molecule has 1 aromatic carbocycles. The van der Waals surface area contributed by atoms with Crippen LogP contribution in [0.3, 0.4) is 0 Å². The molecule has 0 amide bonds. The van der Waals surface area contributed by atoms with Crippen LogP contribution in [-0.2, 0) is 15.8 Å². The molecule has 1 atom stereocenters. The van der Waals surface area contributed by atoms with Gasteiger partial charge >= 0.3 is 6.01 Å². The van der Waals surface area contributed by atoms with Crippen LogP contribution in [0.2, 0.25) is 5.02 Å². The van der Waals surface area contributed by atoms with Crippen molar-refractivity contribution in [1.82, 2.24) is 14.3 Å². The van der Waals surface area contributed by atoms with Crippen molar-refractivity contribution in [2.45, 2.75) is 38.5 Å². The van der Waals surface area contributed by atoms with Gasteiger partial charge in [-0.3, -0.25) is 0 Å². The molecule has 6 nitrogen and oxygen atoms in total. The molecule has 0 spiro atoms. The van der Waals surface area contributed by atoms with Gasteiger partial charge in [0.25, 0.3) is 0 Å². The average molecular weight is 396 g/mol. The molecule has 1 fully saturated rings. The van der Waals surface area contributed by atoms with Crippen molar-refractivity contribution in [3.8, 4) is 6.01 Å². The first kappa shape index (κ1) is 19.1. The van der Waals surface area contributed by atoms with Gasteiger partial charge < -0.3 is 4.74 Å². The van der Waals surface area contributed by atoms with E-state index in [9.17, 15) is 8.42 Å². The van der Waals surface area contributed by atoms with Crippen LogP contribution >= 0.6 is 11.6 Å². The molecule has 0 aliphatic carbocycles. The van der Waals surface area contributed by atoms with E-state index in [1.807, 2.05) is 19.9 Å². The Morgan fingerprint density at radius 1 is 1.23 bits per heavy atom. The van der Waals surface area contributed by atoms with Crippen LogP contribution in [0.1, 0.15) is 29.8 Å². The van der Waals surface area contributed by atoms with E-state index in [1.165, 1.54) is 4.31 Å². The predicted octanol–water partition coefficient (Wildman–Crippen LogP) is 3.12. The summed E-state index contributed by atoms with van der Waals surface area (Å²) < 4.78 is 32.9. The summed E-state index contributed by atoms with van der Waals surface area (Å²) in [4.78, 5) is 8.55. The monoisotopic (exact) mass is 395 g/mol. The number of sulfonamides is 1. The molecule has 140 valence electrons. The Morgan fingerprint density at radius 2 is 1.96 bits per heavy atom. The lowest BCUT2D eigenvalue weighted by molar-refractivity contribution is 0.118. The van der Waals surface area contributed by atoms with E-state index in [1.54, 1.807) is 24.3 Å². The Kier molecular flexibility index (Phi) is 5.79. The lowest BCUT2D eigenvalue weighted by Crippen LogP contribution is -2.44. The number of halogens is 1. The fraction of sp³-hybridized carbons (Fsp3) is 0.444. The van der Waals surface area contributed by atoms with Crippen LogP contribution in [0.4, 0.5) is 0 Å². The minimum Gasteiger partial charge on any atom is -0.459 e. The molecule has 8 heteroatoms. The van der Waals surface area contributed by atoms with E-state index in [0.29, 0.717) is 29.7 Å². The molecule has 2 heterocycles. The SMILES string of the molecule is Cc1cc(C)nc(OC2CCCN(S(=O)(=O)Cc3cccc(Cl)c3)C2)n1. The van der Waals surface area contributed by atoms with E-state index in [4.69, 9.17) is 16.3 Å². The third kappa shape index (κ3) is 4.93. The van der Waals surface area contributed by atoms with Gasteiger partial charge in [-0.1, -0.05) is 23.7 Å². The standard InChI is InChI=1S/C18H22ClN3O3S/c1-13-9-14(2)21-18(20-13)25-17-7-4-8-22(11-17)26(23,24)12-15-5-3-6-16(19)10-15/h3,5-6,9-10,17H,4,7-8,11-12H2,1-2H3. The van der Waals surface area contributed by atoms with Gasteiger partial charge in [0.2, 0.25) is 10.0 Å². The molecule has 1 aromatic heterocycles. The zero-order chi connectivity index (χ0) is 18.7. The van der Waals surface area contributed by atoms with Crippen LogP contribution in [0.5, 0.6) is 6.01 Å². The first-order valence-electron chi connectivity index (χ1n) is 8.53. The lowest BCUT2D eigenvalue weighted by Gasteiger charge is -2.31. The molecule has 3 rings (SSSR count). The summed E-state index contributed by atoms with van der Waals surface area (Å²) >= 11 is 5.96. The molecule has 2 aromatic rings. The Bertz CT molecular complexity index is 869. The van der Waals surface area contributed by atoms with Gasteiger partial charge in [0.05, 0.1) is 12.3 Å². The van der Waals surface area contributed by atoms with Gasteiger partial charge in [-0.2, -0.15) is 4.31 Å². The van der Waals surface area contributed by atoms with Crippen LogP contribution < -0.4 is 4.74 Å². The average Bonchev–Trinajstić information content (AvgIpc) is 2.53. The zero-order valence-corrected chi connectivity index (χ0v) is 16.4. The number of aromatic nitrogens is 2. The summed E-state index contributed by atoms with van der Waals surface area (Å²) in [6, 6.07) is 9.11. The normalized spacial score (nSPS) is 18.7. The predicted molar refractivity (Wildman–Crippen MR) is 101 cm³/mol. The van der Waals surface area contributed by atoms with Crippen LogP contribution in [0.25, 0.3) is 0 Å². The van der Waals surface area contributed by atoms with Crippen molar-refractivity contribution in [1.29, 1.82) is 0 Å². The number of hydrogen-bond acceptors (Lipinski definition) is 5. The Balaban J connectivity index is 1.69. The summed E-state index contributed by atoms with van der Waals surface area (Å²) in [5, 5.41) is 0.532. The highest BCUT2D eigenvalue weighted by Gasteiger charge is 2.30. The Morgan fingerprint density at radius 3 is 2.65 bits per heavy atom. The second kappa shape index (κ2) is 7.90. The number of ether oxygens (including phenoxy) is 1. The van der Waals surface area contributed by atoms with E-state index in [-0.39, 0.29) is 11.9 Å². The molecule has 26 heavy (non-hydrogen) atoms. The second-order valence-electron chi connectivity index (χ2n) is 6.56. The van der Waals surface area contributed by atoms with Crippen molar-refractivity contribution < 1.29 is 13.2 Å². The van der Waals surface area contributed by atoms with Gasteiger partial charge in [-0.15, -0.1) is 0 Å². The minimum absolute atomic E-state index is 0.0691. The maximum absolute atomic E-state index is 12.8. The van der Waals surface area contributed by atoms with Gasteiger partial charge in [-0.25, -0.2) is 18.4 Å². The number of hydrogen-bond donors (Lipinski definition) is 0. The maximum atomic E-state index is 12.8. The van der Waals surface area contributed by atoms with Crippen molar-refractivity contribution >= 4 is 21.6 Å². The smallest absolute Gasteiger partial charge is 0.317 e. The summed E-state index contributed by atoms with van der Waals surface area (Å²) in [6.07, 6.45) is 1.27. The van der Waals surface area contributed by atoms with E-state index < -0.39 is 10.0 Å². The van der Waals surface area contributed by atoms with Gasteiger partial charge in [-0.05, 0) is 50.5 Å². The van der Waals surface area contributed by atoms with Crippen molar-refractivity contribution in [2.75, 3.05) is 13.1 Å². The first-order chi connectivity index (χ1) is 12.3. The van der Waals surface area contributed by atoms with E-state index >= 15 is 0 Å². The molecule has 1 aliphatic rings. The number of aryl methyl sites for hydroxylation is 2. The van der Waals surface area contributed by atoms with Crippen molar-refractivity contribution in [3.63, 3.8) is 0 Å². The molecule has 0 N–H and O–H groups in total. The minimum atomic E-state index is -3.44. The molecule has 0 bridgehead atoms. The number of piperidine rings is 1. The Hall–Kier alpha value is -1.70. The molecule has 1 unspecified atom stereocenters. The highest BCUT2D eigenvalue weighted by molar-refractivity contribution is 7.88. The quantitative estimate of drug-likeness (QED) is 0.777. The van der Waals surface area contributed by atoms with Gasteiger partial charge in [0.1, 0.15) is 6.10 Å². The summed E-state index contributed by atoms with van der Waals surface area (Å²) in [5.41, 5.74) is 2.33. The zero-order valence-electron chi connectivity index (χ0n) is 14.9.